The molecular formula is C18H22N2OS. The van der Waals surface area contributed by atoms with Crippen molar-refractivity contribution >= 4 is 17.2 Å². The Labute approximate surface area is 135 Å². The van der Waals surface area contributed by atoms with Gasteiger partial charge in [-0.25, -0.2) is 4.98 Å². The van der Waals surface area contributed by atoms with Gasteiger partial charge in [0.2, 0.25) is 5.91 Å². The van der Waals surface area contributed by atoms with E-state index in [0.717, 1.165) is 18.5 Å². The Balaban J connectivity index is 1.47. The van der Waals surface area contributed by atoms with Crippen LogP contribution in [0.1, 0.15) is 48.9 Å². The van der Waals surface area contributed by atoms with Gasteiger partial charge < -0.3 is 5.32 Å². The number of nitrogens with zero attached hydrogens (tertiary/aromatic N) is 1. The molecule has 0 bridgehead atoms. The second-order valence-corrected chi connectivity index (χ2v) is 7.01. The molecule has 0 radical (unpaired) electrons. The Bertz CT molecular complexity index is 619. The fourth-order valence-corrected chi connectivity index (χ4v) is 3.38. The molecule has 1 aromatic heterocycles. The molecule has 2 atom stereocenters. The van der Waals surface area contributed by atoms with Gasteiger partial charge >= 0.3 is 0 Å². The van der Waals surface area contributed by atoms with Crippen LogP contribution in [0.3, 0.4) is 0 Å². The molecule has 22 heavy (non-hydrogen) atoms. The summed E-state index contributed by atoms with van der Waals surface area (Å²) in [5, 5.41) is 5.07. The number of carbonyl (C=O) groups is 1. The molecule has 1 aromatic carbocycles. The van der Waals surface area contributed by atoms with E-state index in [1.165, 1.54) is 11.1 Å². The minimum absolute atomic E-state index is 0.153. The van der Waals surface area contributed by atoms with Crippen molar-refractivity contribution in [3.63, 3.8) is 0 Å². The number of carbonyl (C=O) groups excluding carboxylic acids is 1. The number of amides is 1. The number of benzene rings is 1. The van der Waals surface area contributed by atoms with Gasteiger partial charge in [0.15, 0.2) is 0 Å². The first-order chi connectivity index (χ1) is 10.6. The zero-order chi connectivity index (χ0) is 15.5. The quantitative estimate of drug-likeness (QED) is 0.883. The molecule has 1 N–H and O–H groups in total. The van der Waals surface area contributed by atoms with Crippen molar-refractivity contribution < 1.29 is 4.79 Å². The largest absolute Gasteiger partial charge is 0.355 e. The van der Waals surface area contributed by atoms with Crippen LogP contribution in [0.5, 0.6) is 0 Å². The third-order valence-electron chi connectivity index (χ3n) is 4.32. The molecule has 1 aliphatic carbocycles. The lowest BCUT2D eigenvalue weighted by Crippen LogP contribution is -2.27. The lowest BCUT2D eigenvalue weighted by Gasteiger charge is -2.07. The molecule has 116 valence electrons. The number of rotatable bonds is 6. The summed E-state index contributed by atoms with van der Waals surface area (Å²) in [4.78, 5) is 16.4. The van der Waals surface area contributed by atoms with Crippen LogP contribution in [-0.4, -0.2) is 17.4 Å². The first-order valence-corrected chi connectivity index (χ1v) is 8.84. The smallest absolute Gasteiger partial charge is 0.223 e. The maximum Gasteiger partial charge on any atom is 0.223 e. The average molecular weight is 314 g/mol. The van der Waals surface area contributed by atoms with Gasteiger partial charge in [-0.1, -0.05) is 38.1 Å². The van der Waals surface area contributed by atoms with Gasteiger partial charge in [-0.15, -0.1) is 11.3 Å². The van der Waals surface area contributed by atoms with E-state index in [0.29, 0.717) is 18.4 Å². The number of hydrogen-bond donors (Lipinski definition) is 1. The summed E-state index contributed by atoms with van der Waals surface area (Å²) in [7, 11) is 0. The van der Waals surface area contributed by atoms with Gasteiger partial charge in [0.25, 0.3) is 0 Å². The van der Waals surface area contributed by atoms with E-state index >= 15 is 0 Å². The molecule has 2 aromatic rings. The van der Waals surface area contributed by atoms with Crippen LogP contribution >= 0.6 is 11.3 Å². The van der Waals surface area contributed by atoms with Crippen LogP contribution in [0.2, 0.25) is 0 Å². The summed E-state index contributed by atoms with van der Waals surface area (Å²) in [6.07, 6.45) is 1.79. The van der Waals surface area contributed by atoms with Crippen molar-refractivity contribution in [1.29, 1.82) is 0 Å². The standard InChI is InChI=1S/C18H22N2OS/c1-12(2)13-3-5-14(6-4-13)16-9-17(16)18(21)19-8-7-15-10-22-11-20-15/h3-6,10-12,16-17H,7-9H2,1-2H3,(H,19,21)/t16-,17+/m1/s1. The van der Waals surface area contributed by atoms with Gasteiger partial charge in [0.1, 0.15) is 0 Å². The number of thiazole rings is 1. The number of aromatic nitrogens is 1. The minimum Gasteiger partial charge on any atom is -0.355 e. The Morgan fingerprint density at radius 3 is 2.77 bits per heavy atom. The molecule has 0 saturated heterocycles. The van der Waals surface area contributed by atoms with E-state index < -0.39 is 0 Å². The van der Waals surface area contributed by atoms with Crippen molar-refractivity contribution in [1.82, 2.24) is 10.3 Å². The molecule has 3 nitrogen and oxygen atoms in total. The highest BCUT2D eigenvalue weighted by molar-refractivity contribution is 7.07. The van der Waals surface area contributed by atoms with Gasteiger partial charge in [0.05, 0.1) is 11.2 Å². The lowest BCUT2D eigenvalue weighted by molar-refractivity contribution is -0.122. The monoisotopic (exact) mass is 314 g/mol. The molecule has 1 heterocycles. The third kappa shape index (κ3) is 3.55. The van der Waals surface area contributed by atoms with Gasteiger partial charge in [0, 0.05) is 24.3 Å². The summed E-state index contributed by atoms with van der Waals surface area (Å²) in [5.41, 5.74) is 5.54. The van der Waals surface area contributed by atoms with Gasteiger partial charge in [-0.2, -0.15) is 0 Å². The zero-order valence-electron chi connectivity index (χ0n) is 13.1. The van der Waals surface area contributed by atoms with Crippen LogP contribution in [0.4, 0.5) is 0 Å². The molecule has 0 spiro atoms. The third-order valence-corrected chi connectivity index (χ3v) is 4.96. The number of hydrogen-bond acceptors (Lipinski definition) is 3. The molecular weight excluding hydrogens is 292 g/mol. The van der Waals surface area contributed by atoms with Crippen LogP contribution < -0.4 is 5.32 Å². The number of nitrogens with one attached hydrogen (secondary N) is 1. The van der Waals surface area contributed by atoms with E-state index in [1.54, 1.807) is 11.3 Å². The van der Waals surface area contributed by atoms with Gasteiger partial charge in [-0.05, 0) is 29.4 Å². The molecule has 0 unspecified atom stereocenters. The summed E-state index contributed by atoms with van der Waals surface area (Å²) < 4.78 is 0. The fourth-order valence-electron chi connectivity index (χ4n) is 2.79. The average Bonchev–Trinajstić information content (AvgIpc) is 3.16. The Morgan fingerprint density at radius 1 is 1.36 bits per heavy atom. The maximum atomic E-state index is 12.2. The summed E-state index contributed by atoms with van der Waals surface area (Å²) in [6, 6.07) is 8.75. The van der Waals surface area contributed by atoms with Crippen molar-refractivity contribution in [3.05, 3.63) is 52.0 Å². The van der Waals surface area contributed by atoms with Crippen molar-refractivity contribution in [2.24, 2.45) is 5.92 Å². The van der Waals surface area contributed by atoms with Crippen LogP contribution in [0, 0.1) is 5.92 Å². The Hall–Kier alpha value is -1.68. The van der Waals surface area contributed by atoms with Crippen molar-refractivity contribution in [3.8, 4) is 0 Å². The molecule has 1 saturated carbocycles. The van der Waals surface area contributed by atoms with E-state index in [2.05, 4.69) is 48.4 Å². The van der Waals surface area contributed by atoms with E-state index in [-0.39, 0.29) is 11.8 Å². The highest BCUT2D eigenvalue weighted by Crippen LogP contribution is 2.47. The summed E-state index contributed by atoms with van der Waals surface area (Å²) >= 11 is 1.59. The second-order valence-electron chi connectivity index (χ2n) is 6.29. The molecule has 1 fully saturated rings. The molecule has 1 aliphatic rings. The first kappa shape index (κ1) is 15.2. The zero-order valence-corrected chi connectivity index (χ0v) is 13.9. The highest BCUT2D eigenvalue weighted by atomic mass is 32.1. The predicted octanol–water partition coefficient (Wildman–Crippen LogP) is 3.73. The first-order valence-electron chi connectivity index (χ1n) is 7.90. The SMILES string of the molecule is CC(C)c1ccc([C@H]2C[C@@H]2C(=O)NCCc2cscn2)cc1. The normalized spacial score (nSPS) is 20.1. The predicted molar refractivity (Wildman–Crippen MR) is 90.2 cm³/mol. The highest BCUT2D eigenvalue weighted by Gasteiger charge is 2.43. The molecule has 0 aliphatic heterocycles. The topological polar surface area (TPSA) is 42.0 Å². The molecule has 3 rings (SSSR count). The lowest BCUT2D eigenvalue weighted by atomic mass is 10.00. The fraction of sp³-hybridized carbons (Fsp3) is 0.444. The van der Waals surface area contributed by atoms with E-state index in [1.807, 2.05) is 10.9 Å². The second kappa shape index (κ2) is 6.61. The van der Waals surface area contributed by atoms with Gasteiger partial charge in [-0.3, -0.25) is 4.79 Å². The minimum atomic E-state index is 0.153. The van der Waals surface area contributed by atoms with Crippen molar-refractivity contribution in [2.75, 3.05) is 6.54 Å². The Kier molecular flexibility index (Phi) is 4.57. The van der Waals surface area contributed by atoms with Crippen molar-refractivity contribution in [2.45, 2.75) is 38.5 Å². The molecule has 1 amide bonds. The van der Waals surface area contributed by atoms with Crippen LogP contribution in [0.25, 0.3) is 0 Å². The van der Waals surface area contributed by atoms with E-state index in [4.69, 9.17) is 0 Å². The van der Waals surface area contributed by atoms with Crippen LogP contribution in [-0.2, 0) is 11.2 Å². The molecule has 4 heteroatoms. The maximum absolute atomic E-state index is 12.2. The summed E-state index contributed by atoms with van der Waals surface area (Å²) in [6.45, 7) is 5.08. The Morgan fingerprint density at radius 2 is 2.14 bits per heavy atom. The van der Waals surface area contributed by atoms with Crippen LogP contribution in [0.15, 0.2) is 35.2 Å². The summed E-state index contributed by atoms with van der Waals surface area (Å²) in [5.74, 6) is 1.30. The van der Waals surface area contributed by atoms with E-state index in [9.17, 15) is 4.79 Å².